The van der Waals surface area contributed by atoms with Gasteiger partial charge >= 0.3 is 0 Å². The summed E-state index contributed by atoms with van der Waals surface area (Å²) in [6, 6.07) is 2.06. The van der Waals surface area contributed by atoms with Crippen molar-refractivity contribution in [2.75, 3.05) is 6.54 Å². The molecule has 11 fully saturated rings. The van der Waals surface area contributed by atoms with Crippen LogP contribution in [0, 0.1) is 59.2 Å². The third-order valence-corrected chi connectivity index (χ3v) is 20.0. The Morgan fingerprint density at radius 3 is 2.22 bits per heavy atom. The molecule has 0 aromatic heterocycles. The molecular weight excluding hydrogens is 637 g/mol. The topological polar surface area (TPSA) is 50.8 Å². The number of thioether (sulfide) groups is 1. The van der Waals surface area contributed by atoms with Crippen molar-refractivity contribution in [3.8, 4) is 0 Å². The van der Waals surface area contributed by atoms with Crippen molar-refractivity contribution in [2.45, 2.75) is 201 Å². The van der Waals surface area contributed by atoms with Crippen LogP contribution in [0.15, 0.2) is 0 Å². The van der Waals surface area contributed by atoms with Gasteiger partial charge in [-0.3, -0.25) is 9.69 Å². The van der Waals surface area contributed by atoms with Crippen molar-refractivity contribution in [2.24, 2.45) is 59.2 Å². The molecule has 5 saturated heterocycles. The number of nitrogens with zero attached hydrogens (tertiary/aromatic N) is 1. The molecule has 0 aromatic carbocycles. The maximum Gasteiger partial charge on any atom is 0.141 e. The molecule has 17 atom stereocenters. The van der Waals surface area contributed by atoms with Crippen LogP contribution in [0.25, 0.3) is 0 Å². The van der Waals surface area contributed by atoms with Gasteiger partial charge in [-0.15, -0.1) is 11.8 Å². The van der Waals surface area contributed by atoms with Gasteiger partial charge in [0.2, 0.25) is 0 Å². The van der Waals surface area contributed by atoms with Gasteiger partial charge in [0.05, 0.1) is 29.8 Å². The number of rotatable bonds is 3. The highest BCUT2D eigenvalue weighted by molar-refractivity contribution is 8.00. The zero-order valence-corrected chi connectivity index (χ0v) is 31.8. The van der Waals surface area contributed by atoms with Crippen molar-refractivity contribution >= 4 is 17.5 Å². The molecule has 5 heterocycles. The van der Waals surface area contributed by atoms with Gasteiger partial charge in [-0.2, -0.15) is 0 Å². The number of ketones is 1. The van der Waals surface area contributed by atoms with Crippen molar-refractivity contribution in [3.63, 3.8) is 0 Å². The van der Waals surface area contributed by atoms with Gasteiger partial charge in [0.1, 0.15) is 5.78 Å². The van der Waals surface area contributed by atoms with Crippen LogP contribution in [0.3, 0.4) is 0 Å². The smallest absolute Gasteiger partial charge is 0.141 e. The van der Waals surface area contributed by atoms with Gasteiger partial charge in [0, 0.05) is 35.7 Å². The molecule has 6 aliphatic carbocycles. The average molecular weight is 705 g/mol. The molecule has 5 nitrogen and oxygen atoms in total. The predicted octanol–water partition coefficient (Wildman–Crippen LogP) is 8.77. The number of carbonyl (C=O) groups excluding carboxylic acids is 1. The molecule has 6 saturated carbocycles. The van der Waals surface area contributed by atoms with E-state index >= 15 is 0 Å². The lowest BCUT2D eigenvalue weighted by molar-refractivity contribution is -0.163. The largest absolute Gasteiger partial charge is 0.374 e. The van der Waals surface area contributed by atoms with E-state index in [4.69, 9.17) is 9.47 Å². The zero-order valence-electron chi connectivity index (χ0n) is 31.0. The molecule has 11 rings (SSSR count). The zero-order chi connectivity index (χ0) is 32.9. The van der Waals surface area contributed by atoms with Gasteiger partial charge in [0.25, 0.3) is 0 Å². The molecule has 5 aliphatic heterocycles. The van der Waals surface area contributed by atoms with Gasteiger partial charge in [-0.25, -0.2) is 0 Å². The van der Waals surface area contributed by atoms with E-state index in [0.717, 1.165) is 76.9 Å². The lowest BCUT2D eigenvalue weighted by Gasteiger charge is -2.49. The summed E-state index contributed by atoms with van der Waals surface area (Å²) in [5, 5.41) is 5.63. The summed E-state index contributed by atoms with van der Waals surface area (Å²) in [5.41, 5.74) is 0. The number of nitrogens with one attached hydrogen (secondary N) is 1. The van der Waals surface area contributed by atoms with Crippen LogP contribution in [-0.4, -0.2) is 70.4 Å². The normalized spacial score (nSPS) is 56.3. The van der Waals surface area contributed by atoms with E-state index in [0.29, 0.717) is 42.4 Å². The molecule has 17 unspecified atom stereocenters. The number of likely N-dealkylation sites (tertiary alicyclic amines) is 1. The Bertz CT molecular complexity index is 1260. The van der Waals surface area contributed by atoms with Crippen LogP contribution in [-0.2, 0) is 14.3 Å². The highest BCUT2D eigenvalue weighted by Gasteiger charge is 2.60. The highest BCUT2D eigenvalue weighted by Crippen LogP contribution is 2.59. The number of carbonyl (C=O) groups is 1. The SMILES string of the molecule is O=C1CC(C2CCC(C3CCNC4SC5CCCCC5C43)CC2)OC2CCC(N3C4CCCCC4C4CC5C(CC43)OC3CCCCC35)CC12. The Kier molecular flexibility index (Phi) is 9.01. The van der Waals surface area contributed by atoms with Crippen molar-refractivity contribution in [3.05, 3.63) is 0 Å². The number of piperidine rings is 1. The fourth-order valence-electron chi connectivity index (χ4n) is 16.3. The number of ether oxygens (including phenoxy) is 2. The first-order valence-electron chi connectivity index (χ1n) is 22.7. The molecule has 6 heteroatoms. The van der Waals surface area contributed by atoms with Gasteiger partial charge in [0.15, 0.2) is 0 Å². The Labute approximate surface area is 307 Å². The summed E-state index contributed by atoms with van der Waals surface area (Å²) in [7, 11) is 0. The Balaban J connectivity index is 0.734. The molecule has 0 amide bonds. The Morgan fingerprint density at radius 2 is 1.32 bits per heavy atom. The maximum atomic E-state index is 14.1. The second-order valence-corrected chi connectivity index (χ2v) is 21.5. The summed E-state index contributed by atoms with van der Waals surface area (Å²) in [4.78, 5) is 17.2. The van der Waals surface area contributed by atoms with E-state index in [2.05, 4.69) is 22.0 Å². The summed E-state index contributed by atoms with van der Waals surface area (Å²) in [6.45, 7) is 1.23. The first kappa shape index (κ1) is 33.2. The molecule has 0 spiro atoms. The number of fused-ring (bicyclic) bond motifs is 10. The number of Topliss-reactive ketones (excluding diaryl/α,β-unsaturated/α-hetero) is 1. The standard InChI is InChI=1S/C44H68N2O3S/c47-37-24-40(26-15-13-25(14-16-26)28-19-20-45-44-43(28)31-9-3-6-12-42(31)50-44)48-39-18-17-27(21-34(37)39)46-35-10-4-1-7-29(35)32-22-33-30-8-2-5-11-38(30)49-41(33)23-36(32)46/h25-36,38-45H,1-24H2. The maximum absolute atomic E-state index is 14.1. The summed E-state index contributed by atoms with van der Waals surface area (Å²) in [6.07, 6.45) is 32.3. The number of hydrogen-bond donors (Lipinski definition) is 1. The van der Waals surface area contributed by atoms with E-state index in [1.807, 2.05) is 0 Å². The van der Waals surface area contributed by atoms with Crippen LogP contribution < -0.4 is 5.32 Å². The van der Waals surface area contributed by atoms with Gasteiger partial charge in [-0.1, -0.05) is 38.5 Å². The number of hydrogen-bond acceptors (Lipinski definition) is 6. The first-order chi connectivity index (χ1) is 24.7. The molecule has 11 aliphatic rings. The van der Waals surface area contributed by atoms with Crippen molar-refractivity contribution < 1.29 is 14.3 Å². The molecule has 0 radical (unpaired) electrons. The minimum atomic E-state index is 0.152. The molecule has 1 N–H and O–H groups in total. The van der Waals surface area contributed by atoms with Crippen molar-refractivity contribution in [1.29, 1.82) is 0 Å². The molecule has 0 bridgehead atoms. The van der Waals surface area contributed by atoms with Crippen LogP contribution in [0.4, 0.5) is 0 Å². The van der Waals surface area contributed by atoms with Crippen LogP contribution in [0.1, 0.15) is 148 Å². The lowest BCUT2D eigenvalue weighted by atomic mass is 9.63. The van der Waals surface area contributed by atoms with Crippen molar-refractivity contribution in [1.82, 2.24) is 10.2 Å². The summed E-state index contributed by atoms with van der Waals surface area (Å²) < 4.78 is 14.0. The molecular formula is C44H68N2O3S. The predicted molar refractivity (Wildman–Crippen MR) is 200 cm³/mol. The van der Waals surface area contributed by atoms with Crippen LogP contribution in [0.2, 0.25) is 0 Å². The van der Waals surface area contributed by atoms with E-state index in [1.54, 1.807) is 0 Å². The third-order valence-electron chi connectivity index (χ3n) is 18.3. The second-order valence-electron chi connectivity index (χ2n) is 20.1. The third kappa shape index (κ3) is 5.53. The van der Waals surface area contributed by atoms with E-state index < -0.39 is 0 Å². The Hall–Kier alpha value is -0.140. The minimum Gasteiger partial charge on any atom is -0.374 e. The fraction of sp³-hybridized carbons (Fsp3) is 0.977. The quantitative estimate of drug-likeness (QED) is 0.317. The lowest BCUT2D eigenvalue weighted by Crippen LogP contribution is -2.55. The van der Waals surface area contributed by atoms with Gasteiger partial charge < -0.3 is 14.8 Å². The Morgan fingerprint density at radius 1 is 0.560 bits per heavy atom. The minimum absolute atomic E-state index is 0.152. The molecule has 0 aromatic rings. The highest BCUT2D eigenvalue weighted by atomic mass is 32.2. The van der Waals surface area contributed by atoms with E-state index in [-0.39, 0.29) is 18.1 Å². The fourth-order valence-corrected chi connectivity index (χ4v) is 18.3. The summed E-state index contributed by atoms with van der Waals surface area (Å²) >= 11 is 2.33. The van der Waals surface area contributed by atoms with E-state index in [9.17, 15) is 4.79 Å². The van der Waals surface area contributed by atoms with Crippen LogP contribution >= 0.6 is 11.8 Å². The van der Waals surface area contributed by atoms with E-state index in [1.165, 1.54) is 135 Å². The van der Waals surface area contributed by atoms with Gasteiger partial charge in [-0.05, 0) is 163 Å². The molecule has 278 valence electrons. The molecule has 50 heavy (non-hydrogen) atoms. The summed E-state index contributed by atoms with van der Waals surface area (Å²) in [5.74, 6) is 8.56. The average Bonchev–Trinajstić information content (AvgIpc) is 3.83. The second kappa shape index (κ2) is 13.6. The first-order valence-corrected chi connectivity index (χ1v) is 23.6. The van der Waals surface area contributed by atoms with Crippen LogP contribution in [0.5, 0.6) is 0 Å². The monoisotopic (exact) mass is 704 g/mol.